The molecule has 0 saturated carbocycles. The highest BCUT2D eigenvalue weighted by molar-refractivity contribution is 5.93. The van der Waals surface area contributed by atoms with E-state index in [1.54, 1.807) is 6.20 Å². The first-order valence-electron chi connectivity index (χ1n) is 8.05. The first kappa shape index (κ1) is 15.4. The van der Waals surface area contributed by atoms with Crippen LogP contribution in [-0.2, 0) is 4.74 Å². The highest BCUT2D eigenvalue weighted by Crippen LogP contribution is 2.39. The smallest absolute Gasteiger partial charge is 0.272 e. The number of likely N-dealkylation sites (N-methyl/N-ethyl adjacent to an activating group) is 1. The molecule has 0 unspecified atom stereocenters. The number of aromatic nitrogens is 1. The van der Waals surface area contributed by atoms with E-state index in [1.807, 2.05) is 30.9 Å². The third-order valence-corrected chi connectivity index (χ3v) is 4.96. The zero-order chi connectivity index (χ0) is 15.7. The van der Waals surface area contributed by atoms with Gasteiger partial charge in [-0.05, 0) is 44.9 Å². The molecule has 3 rings (SSSR count). The van der Waals surface area contributed by atoms with Crippen molar-refractivity contribution in [2.75, 3.05) is 39.9 Å². The monoisotopic (exact) mass is 303 g/mol. The van der Waals surface area contributed by atoms with Crippen molar-refractivity contribution in [3.05, 3.63) is 29.6 Å². The molecule has 2 aliphatic heterocycles. The van der Waals surface area contributed by atoms with Crippen LogP contribution in [0, 0.1) is 12.8 Å². The summed E-state index contributed by atoms with van der Waals surface area (Å²) >= 11 is 0. The van der Waals surface area contributed by atoms with Gasteiger partial charge in [-0.3, -0.25) is 14.7 Å². The van der Waals surface area contributed by atoms with Crippen LogP contribution in [0.5, 0.6) is 0 Å². The average molecular weight is 303 g/mol. The van der Waals surface area contributed by atoms with Gasteiger partial charge >= 0.3 is 0 Å². The third kappa shape index (κ3) is 2.75. The highest BCUT2D eigenvalue weighted by atomic mass is 16.5. The Morgan fingerprint density at radius 3 is 2.86 bits per heavy atom. The Morgan fingerprint density at radius 1 is 1.45 bits per heavy atom. The van der Waals surface area contributed by atoms with E-state index < -0.39 is 0 Å². The molecule has 3 heterocycles. The van der Waals surface area contributed by atoms with Gasteiger partial charge in [0.15, 0.2) is 0 Å². The maximum absolute atomic E-state index is 12.5. The number of carbonyl (C=O) groups excluding carboxylic acids is 1. The summed E-state index contributed by atoms with van der Waals surface area (Å²) in [5.74, 6) is 0.631. The minimum absolute atomic E-state index is 0.0484. The maximum Gasteiger partial charge on any atom is 0.272 e. The maximum atomic E-state index is 12.5. The van der Waals surface area contributed by atoms with Crippen molar-refractivity contribution in [3.63, 3.8) is 0 Å². The van der Waals surface area contributed by atoms with Crippen molar-refractivity contribution in [2.24, 2.45) is 5.92 Å². The van der Waals surface area contributed by atoms with Crippen LogP contribution in [-0.4, -0.2) is 66.1 Å². The van der Waals surface area contributed by atoms with Gasteiger partial charge in [-0.1, -0.05) is 6.07 Å². The molecule has 22 heavy (non-hydrogen) atoms. The van der Waals surface area contributed by atoms with Gasteiger partial charge in [0.1, 0.15) is 5.69 Å². The minimum Gasteiger partial charge on any atom is -0.381 e. The first-order chi connectivity index (χ1) is 10.5. The van der Waals surface area contributed by atoms with Gasteiger partial charge in [0.2, 0.25) is 0 Å². The van der Waals surface area contributed by atoms with Crippen molar-refractivity contribution < 1.29 is 9.53 Å². The Balaban J connectivity index is 1.59. The second-order valence-corrected chi connectivity index (χ2v) is 6.72. The van der Waals surface area contributed by atoms with E-state index in [2.05, 4.69) is 16.9 Å². The summed E-state index contributed by atoms with van der Waals surface area (Å²) in [6.07, 6.45) is 2.87. The number of amides is 1. The highest BCUT2D eigenvalue weighted by Gasteiger charge is 2.53. The zero-order valence-corrected chi connectivity index (χ0v) is 13.7. The molecule has 5 nitrogen and oxygen atoms in total. The van der Waals surface area contributed by atoms with E-state index in [0.29, 0.717) is 11.6 Å². The molecule has 1 aromatic heterocycles. The van der Waals surface area contributed by atoms with Crippen LogP contribution >= 0.6 is 0 Å². The lowest BCUT2D eigenvalue weighted by atomic mass is 9.84. The predicted octanol–water partition coefficient (Wildman–Crippen LogP) is 1.57. The van der Waals surface area contributed by atoms with Crippen LogP contribution in [0.25, 0.3) is 0 Å². The van der Waals surface area contributed by atoms with Crippen molar-refractivity contribution >= 4 is 5.91 Å². The second kappa shape index (κ2) is 5.97. The molecule has 0 bridgehead atoms. The van der Waals surface area contributed by atoms with E-state index in [1.165, 1.54) is 0 Å². The summed E-state index contributed by atoms with van der Waals surface area (Å²) in [5, 5.41) is 0. The largest absolute Gasteiger partial charge is 0.381 e. The average Bonchev–Trinajstić information content (AvgIpc) is 2.80. The molecular weight excluding hydrogens is 278 g/mol. The Labute approximate surface area is 132 Å². The fourth-order valence-corrected chi connectivity index (χ4v) is 3.67. The van der Waals surface area contributed by atoms with Gasteiger partial charge < -0.3 is 9.64 Å². The molecule has 0 radical (unpaired) electrons. The second-order valence-electron chi connectivity index (χ2n) is 6.72. The third-order valence-electron chi connectivity index (χ3n) is 4.96. The first-order valence-corrected chi connectivity index (χ1v) is 8.05. The molecular formula is C17H25N3O2. The Kier molecular flexibility index (Phi) is 4.19. The van der Waals surface area contributed by atoms with Crippen LogP contribution in [0.15, 0.2) is 18.3 Å². The lowest BCUT2D eigenvalue weighted by Crippen LogP contribution is -2.68. The number of ether oxygens (including phenoxy) is 1. The Bertz CT molecular complexity index is 537. The van der Waals surface area contributed by atoms with Gasteiger partial charge in [-0.25, -0.2) is 0 Å². The number of pyridine rings is 1. The van der Waals surface area contributed by atoms with E-state index in [0.717, 1.165) is 44.8 Å². The molecule has 1 atom stereocenters. The Hall–Kier alpha value is -1.46. The van der Waals surface area contributed by atoms with Crippen LogP contribution in [0.2, 0.25) is 0 Å². The SMILES string of the molecule is CCOC[C@H]1CN(C)C2(C1)CN(C(=O)c1ccc(C)cn1)C2. The van der Waals surface area contributed by atoms with E-state index >= 15 is 0 Å². The fraction of sp³-hybridized carbons (Fsp3) is 0.647. The van der Waals surface area contributed by atoms with Gasteiger partial charge in [0.05, 0.1) is 12.1 Å². The van der Waals surface area contributed by atoms with Crippen molar-refractivity contribution in [3.8, 4) is 0 Å². The minimum atomic E-state index is 0.0484. The van der Waals surface area contributed by atoms with Crippen LogP contribution in [0.3, 0.4) is 0 Å². The zero-order valence-electron chi connectivity index (χ0n) is 13.7. The number of hydrogen-bond acceptors (Lipinski definition) is 4. The van der Waals surface area contributed by atoms with Crippen molar-refractivity contribution in [1.82, 2.24) is 14.8 Å². The number of hydrogen-bond donors (Lipinski definition) is 0. The van der Waals surface area contributed by atoms with E-state index in [-0.39, 0.29) is 11.4 Å². The van der Waals surface area contributed by atoms with Crippen molar-refractivity contribution in [2.45, 2.75) is 25.8 Å². The van der Waals surface area contributed by atoms with E-state index in [9.17, 15) is 4.79 Å². The van der Waals surface area contributed by atoms with Gasteiger partial charge in [0, 0.05) is 32.4 Å². The molecule has 2 aliphatic rings. The number of nitrogens with zero attached hydrogens (tertiary/aromatic N) is 3. The molecule has 5 heteroatoms. The quantitative estimate of drug-likeness (QED) is 0.847. The van der Waals surface area contributed by atoms with Gasteiger partial charge in [-0.2, -0.15) is 0 Å². The van der Waals surface area contributed by atoms with E-state index in [4.69, 9.17) is 4.74 Å². The van der Waals surface area contributed by atoms with Crippen molar-refractivity contribution in [1.29, 1.82) is 0 Å². The van der Waals surface area contributed by atoms with Crippen LogP contribution in [0.4, 0.5) is 0 Å². The molecule has 1 aromatic rings. The molecule has 2 saturated heterocycles. The predicted molar refractivity (Wildman–Crippen MR) is 84.8 cm³/mol. The number of carbonyl (C=O) groups is 1. The number of aryl methyl sites for hydroxylation is 1. The summed E-state index contributed by atoms with van der Waals surface area (Å²) in [4.78, 5) is 21.0. The normalized spacial score (nSPS) is 23.8. The van der Waals surface area contributed by atoms with Gasteiger partial charge in [0.25, 0.3) is 5.91 Å². The van der Waals surface area contributed by atoms with Crippen LogP contribution in [0.1, 0.15) is 29.4 Å². The lowest BCUT2D eigenvalue weighted by molar-refractivity contribution is -0.00830. The molecule has 2 fully saturated rings. The molecule has 0 N–H and O–H groups in total. The Morgan fingerprint density at radius 2 is 2.23 bits per heavy atom. The summed E-state index contributed by atoms with van der Waals surface area (Å²) < 4.78 is 5.57. The lowest BCUT2D eigenvalue weighted by Gasteiger charge is -2.51. The number of likely N-dealkylation sites (tertiary alicyclic amines) is 2. The summed E-state index contributed by atoms with van der Waals surface area (Å²) in [5.41, 5.74) is 1.78. The fourth-order valence-electron chi connectivity index (χ4n) is 3.67. The summed E-state index contributed by atoms with van der Waals surface area (Å²) in [7, 11) is 2.16. The summed E-state index contributed by atoms with van der Waals surface area (Å²) in [6.45, 7) is 8.29. The topological polar surface area (TPSA) is 45.7 Å². The molecule has 1 amide bonds. The molecule has 0 aliphatic carbocycles. The van der Waals surface area contributed by atoms with Gasteiger partial charge in [-0.15, -0.1) is 0 Å². The summed E-state index contributed by atoms with van der Waals surface area (Å²) in [6, 6.07) is 3.76. The van der Waals surface area contributed by atoms with Crippen LogP contribution < -0.4 is 0 Å². The molecule has 1 spiro atoms. The standard InChI is InChI=1S/C17H25N3O2/c1-4-22-10-14-7-17(19(3)9-14)11-20(12-17)16(21)15-6-5-13(2)8-18-15/h5-6,8,14H,4,7,9-12H2,1-3H3/t14-/m1/s1. The molecule has 120 valence electrons. The molecule has 0 aromatic carbocycles. The number of rotatable bonds is 4.